The Morgan fingerprint density at radius 2 is 1.71 bits per heavy atom. The van der Waals surface area contributed by atoms with Crippen molar-refractivity contribution in [3.63, 3.8) is 0 Å². The number of halogens is 1. The predicted octanol–water partition coefficient (Wildman–Crippen LogP) is 4.21. The molecule has 7 heteroatoms. The van der Waals surface area contributed by atoms with Crippen LogP contribution in [0.3, 0.4) is 0 Å². The number of nitrogen functional groups attached to an aromatic ring is 1. The van der Waals surface area contributed by atoms with Gasteiger partial charge in [-0.15, -0.1) is 0 Å². The van der Waals surface area contributed by atoms with Crippen LogP contribution in [-0.2, 0) is 0 Å². The number of pyridine rings is 1. The lowest BCUT2D eigenvalue weighted by atomic mass is 10.1. The van der Waals surface area contributed by atoms with Gasteiger partial charge in [0.05, 0.1) is 5.02 Å². The zero-order chi connectivity index (χ0) is 17.1. The van der Waals surface area contributed by atoms with Gasteiger partial charge in [-0.05, 0) is 43.2 Å². The van der Waals surface area contributed by atoms with E-state index in [1.807, 2.05) is 26.0 Å². The molecule has 2 aromatic heterocycles. The first-order chi connectivity index (χ1) is 11.5. The summed E-state index contributed by atoms with van der Waals surface area (Å²) >= 11 is 5.84. The van der Waals surface area contributed by atoms with Crippen LogP contribution < -0.4 is 16.4 Å². The first-order valence-electron chi connectivity index (χ1n) is 7.36. The van der Waals surface area contributed by atoms with Crippen molar-refractivity contribution in [3.8, 4) is 0 Å². The van der Waals surface area contributed by atoms with E-state index in [4.69, 9.17) is 17.3 Å². The Morgan fingerprint density at radius 1 is 0.958 bits per heavy atom. The summed E-state index contributed by atoms with van der Waals surface area (Å²) in [6.45, 7) is 4.06. The molecule has 0 spiro atoms. The number of benzene rings is 1. The van der Waals surface area contributed by atoms with Crippen LogP contribution >= 0.6 is 11.6 Å². The maximum atomic E-state index is 6.19. The number of aromatic nitrogens is 3. The van der Waals surface area contributed by atoms with Gasteiger partial charge in [-0.2, -0.15) is 0 Å². The summed E-state index contributed by atoms with van der Waals surface area (Å²) < 4.78 is 0. The zero-order valence-corrected chi connectivity index (χ0v) is 14.1. The second kappa shape index (κ2) is 6.72. The second-order valence-electron chi connectivity index (χ2n) is 5.41. The minimum atomic E-state index is 0.412. The van der Waals surface area contributed by atoms with E-state index in [2.05, 4.69) is 31.7 Å². The van der Waals surface area contributed by atoms with E-state index in [0.29, 0.717) is 28.2 Å². The summed E-state index contributed by atoms with van der Waals surface area (Å²) in [5, 5.41) is 6.89. The highest BCUT2D eigenvalue weighted by atomic mass is 35.5. The van der Waals surface area contributed by atoms with E-state index in [0.717, 1.165) is 16.8 Å². The Balaban J connectivity index is 1.88. The second-order valence-corrected chi connectivity index (χ2v) is 5.85. The van der Waals surface area contributed by atoms with Crippen LogP contribution in [0.2, 0.25) is 5.02 Å². The molecule has 0 bridgehead atoms. The number of anilines is 5. The van der Waals surface area contributed by atoms with Gasteiger partial charge in [0.2, 0.25) is 0 Å². The molecule has 0 unspecified atom stereocenters. The first-order valence-corrected chi connectivity index (χ1v) is 7.74. The lowest BCUT2D eigenvalue weighted by Gasteiger charge is -2.14. The largest absolute Gasteiger partial charge is 0.393 e. The molecule has 0 aliphatic rings. The summed E-state index contributed by atoms with van der Waals surface area (Å²) in [7, 11) is 0. The molecule has 1 aromatic carbocycles. The standard InChI is InChI=1S/C17H17ClN6/c1-10-3-4-11(2)13(7-10)23-16-15(19)17(22-9-21-16)24-14-6-5-12(18)8-20-14/h3-9H,19H2,1-2H3,(H2,20,21,22,23,24). The van der Waals surface area contributed by atoms with Crippen LogP contribution in [0.4, 0.5) is 28.8 Å². The van der Waals surface area contributed by atoms with Gasteiger partial charge in [0.1, 0.15) is 17.8 Å². The van der Waals surface area contributed by atoms with Crippen LogP contribution in [0.15, 0.2) is 42.9 Å². The van der Waals surface area contributed by atoms with E-state index >= 15 is 0 Å². The van der Waals surface area contributed by atoms with Gasteiger partial charge in [-0.25, -0.2) is 15.0 Å². The molecule has 0 atom stereocenters. The minimum absolute atomic E-state index is 0.412. The Kier molecular flexibility index (Phi) is 4.48. The van der Waals surface area contributed by atoms with E-state index < -0.39 is 0 Å². The van der Waals surface area contributed by atoms with Gasteiger partial charge in [0.15, 0.2) is 11.6 Å². The molecule has 3 aromatic rings. The number of aryl methyl sites for hydroxylation is 2. The smallest absolute Gasteiger partial charge is 0.160 e. The van der Waals surface area contributed by atoms with Gasteiger partial charge in [-0.3, -0.25) is 0 Å². The lowest BCUT2D eigenvalue weighted by Crippen LogP contribution is -2.06. The molecule has 3 rings (SSSR count). The maximum Gasteiger partial charge on any atom is 0.160 e. The highest BCUT2D eigenvalue weighted by Crippen LogP contribution is 2.29. The fourth-order valence-corrected chi connectivity index (χ4v) is 2.28. The molecule has 0 radical (unpaired) electrons. The summed E-state index contributed by atoms with van der Waals surface area (Å²) in [6.07, 6.45) is 3.00. The molecule has 4 N–H and O–H groups in total. The third kappa shape index (κ3) is 3.55. The highest BCUT2D eigenvalue weighted by molar-refractivity contribution is 6.30. The molecule has 0 aliphatic carbocycles. The molecule has 2 heterocycles. The number of hydrogen-bond donors (Lipinski definition) is 3. The number of hydrogen-bond acceptors (Lipinski definition) is 6. The Hall–Kier alpha value is -2.86. The van der Waals surface area contributed by atoms with Gasteiger partial charge in [0, 0.05) is 11.9 Å². The van der Waals surface area contributed by atoms with Crippen molar-refractivity contribution in [3.05, 3.63) is 59.0 Å². The predicted molar refractivity (Wildman–Crippen MR) is 98.2 cm³/mol. The normalized spacial score (nSPS) is 10.5. The van der Waals surface area contributed by atoms with Gasteiger partial charge in [-0.1, -0.05) is 23.7 Å². The average molecular weight is 341 g/mol. The van der Waals surface area contributed by atoms with Crippen LogP contribution in [-0.4, -0.2) is 15.0 Å². The first kappa shape index (κ1) is 16.0. The number of nitrogens with two attached hydrogens (primary N) is 1. The van der Waals surface area contributed by atoms with E-state index in [9.17, 15) is 0 Å². The number of rotatable bonds is 4. The van der Waals surface area contributed by atoms with Crippen molar-refractivity contribution in [1.82, 2.24) is 15.0 Å². The van der Waals surface area contributed by atoms with Gasteiger partial charge in [0.25, 0.3) is 0 Å². The molecule has 122 valence electrons. The fraction of sp³-hybridized carbons (Fsp3) is 0.118. The Labute approximate surface area is 145 Å². The van der Waals surface area contributed by atoms with Crippen molar-refractivity contribution in [1.29, 1.82) is 0 Å². The fourth-order valence-electron chi connectivity index (χ4n) is 2.16. The highest BCUT2D eigenvalue weighted by Gasteiger charge is 2.10. The zero-order valence-electron chi connectivity index (χ0n) is 13.3. The topological polar surface area (TPSA) is 88.8 Å². The van der Waals surface area contributed by atoms with Gasteiger partial charge < -0.3 is 16.4 Å². The van der Waals surface area contributed by atoms with E-state index in [-0.39, 0.29) is 0 Å². The number of nitrogens with one attached hydrogen (secondary N) is 2. The minimum Gasteiger partial charge on any atom is -0.393 e. The van der Waals surface area contributed by atoms with Crippen LogP contribution in [0.25, 0.3) is 0 Å². The monoisotopic (exact) mass is 340 g/mol. The molecule has 0 saturated carbocycles. The third-order valence-electron chi connectivity index (χ3n) is 3.50. The summed E-state index contributed by atoms with van der Waals surface area (Å²) in [5.41, 5.74) is 9.82. The molecular formula is C17H17ClN6. The molecule has 6 nitrogen and oxygen atoms in total. The van der Waals surface area contributed by atoms with Crippen LogP contribution in [0.1, 0.15) is 11.1 Å². The molecule has 0 fully saturated rings. The van der Waals surface area contributed by atoms with Crippen molar-refractivity contribution >= 4 is 40.4 Å². The Morgan fingerprint density at radius 3 is 2.42 bits per heavy atom. The van der Waals surface area contributed by atoms with E-state index in [1.165, 1.54) is 6.33 Å². The van der Waals surface area contributed by atoms with E-state index in [1.54, 1.807) is 18.3 Å². The van der Waals surface area contributed by atoms with Crippen molar-refractivity contribution in [2.75, 3.05) is 16.4 Å². The van der Waals surface area contributed by atoms with Crippen molar-refractivity contribution < 1.29 is 0 Å². The van der Waals surface area contributed by atoms with Gasteiger partial charge >= 0.3 is 0 Å². The van der Waals surface area contributed by atoms with Crippen molar-refractivity contribution in [2.45, 2.75) is 13.8 Å². The van der Waals surface area contributed by atoms with Crippen molar-refractivity contribution in [2.24, 2.45) is 0 Å². The Bertz CT molecular complexity index is 863. The summed E-state index contributed by atoms with van der Waals surface area (Å²) in [4.78, 5) is 12.6. The lowest BCUT2D eigenvalue weighted by molar-refractivity contribution is 1.16. The molecule has 0 amide bonds. The average Bonchev–Trinajstić information content (AvgIpc) is 2.56. The molecule has 24 heavy (non-hydrogen) atoms. The molecule has 0 saturated heterocycles. The summed E-state index contributed by atoms with van der Waals surface area (Å²) in [6, 6.07) is 9.64. The summed E-state index contributed by atoms with van der Waals surface area (Å²) in [5.74, 6) is 1.62. The quantitative estimate of drug-likeness (QED) is 0.659. The molecular weight excluding hydrogens is 324 g/mol. The number of nitrogens with zero attached hydrogens (tertiary/aromatic N) is 3. The molecule has 0 aliphatic heterocycles. The van der Waals surface area contributed by atoms with Crippen LogP contribution in [0.5, 0.6) is 0 Å². The SMILES string of the molecule is Cc1ccc(C)c(Nc2ncnc(Nc3ccc(Cl)cn3)c2N)c1. The third-order valence-corrected chi connectivity index (χ3v) is 3.73. The maximum absolute atomic E-state index is 6.19. The van der Waals surface area contributed by atoms with Crippen LogP contribution in [0, 0.1) is 13.8 Å².